The molecule has 2 aliphatic rings. The molecule has 1 saturated heterocycles. The number of thiazole rings is 1. The van der Waals surface area contributed by atoms with Crippen molar-refractivity contribution in [1.29, 1.82) is 0 Å². The highest BCUT2D eigenvalue weighted by Gasteiger charge is 2.49. The third kappa shape index (κ3) is 4.22. The lowest BCUT2D eigenvalue weighted by molar-refractivity contribution is -0.384. The number of aryl methyl sites for hydroxylation is 1. The van der Waals surface area contributed by atoms with Crippen LogP contribution in [0.1, 0.15) is 35.2 Å². The molecule has 1 aromatic heterocycles. The molecule has 2 fully saturated rings. The number of amides is 3. The molecule has 0 spiro atoms. The van der Waals surface area contributed by atoms with Crippen LogP contribution >= 0.6 is 11.3 Å². The van der Waals surface area contributed by atoms with E-state index in [2.05, 4.69) is 6.07 Å². The third-order valence-corrected chi connectivity index (χ3v) is 7.92. The number of hydrogen-bond acceptors (Lipinski definition) is 7. The Balaban J connectivity index is 1.26. The van der Waals surface area contributed by atoms with Crippen molar-refractivity contribution in [3.05, 3.63) is 88.0 Å². The first-order chi connectivity index (χ1) is 18.3. The molecule has 0 N–H and O–H groups in total. The molecule has 4 aromatic rings. The predicted octanol–water partition coefficient (Wildman–Crippen LogP) is 5.12. The number of imide groups is 1. The number of aromatic nitrogens is 1. The molecule has 6 rings (SSSR count). The zero-order valence-corrected chi connectivity index (χ0v) is 21.2. The summed E-state index contributed by atoms with van der Waals surface area (Å²) < 4.78 is 1.09. The number of hydrogen-bond donors (Lipinski definition) is 0. The fourth-order valence-electron chi connectivity index (χ4n) is 4.83. The summed E-state index contributed by atoms with van der Waals surface area (Å²) in [4.78, 5) is 57.8. The molecule has 3 amide bonds. The quantitative estimate of drug-likeness (QED) is 0.196. The minimum absolute atomic E-state index is 0.125. The van der Waals surface area contributed by atoms with Crippen LogP contribution in [-0.2, 0) is 9.59 Å². The van der Waals surface area contributed by atoms with Crippen molar-refractivity contribution in [2.45, 2.75) is 38.3 Å². The van der Waals surface area contributed by atoms with E-state index in [4.69, 9.17) is 4.98 Å². The van der Waals surface area contributed by atoms with E-state index in [1.165, 1.54) is 29.2 Å². The van der Waals surface area contributed by atoms with E-state index in [-0.39, 0.29) is 29.6 Å². The van der Waals surface area contributed by atoms with Crippen LogP contribution in [0.2, 0.25) is 0 Å². The summed E-state index contributed by atoms with van der Waals surface area (Å²) in [5.74, 6) is -1.34. The third-order valence-electron chi connectivity index (χ3n) is 6.85. The van der Waals surface area contributed by atoms with Crippen molar-refractivity contribution < 1.29 is 19.3 Å². The van der Waals surface area contributed by atoms with Gasteiger partial charge in [-0.2, -0.15) is 0 Å². The summed E-state index contributed by atoms with van der Waals surface area (Å²) in [5, 5.41) is 12.0. The van der Waals surface area contributed by atoms with Crippen molar-refractivity contribution in [2.75, 3.05) is 4.90 Å². The smallest absolute Gasteiger partial charge is 0.270 e. The highest BCUT2D eigenvalue weighted by atomic mass is 32.1. The number of carbonyl (C=O) groups excluding carboxylic acids is 3. The number of non-ortho nitro benzene ring substituents is 1. The Labute approximate surface area is 221 Å². The number of nitrogens with zero attached hydrogens (tertiary/aromatic N) is 4. The summed E-state index contributed by atoms with van der Waals surface area (Å²) in [7, 11) is 0. The first-order valence-electron chi connectivity index (χ1n) is 12.2. The molecule has 1 aliphatic carbocycles. The highest BCUT2D eigenvalue weighted by Crippen LogP contribution is 2.37. The fraction of sp³-hybridized carbons (Fsp3) is 0.214. The Morgan fingerprint density at radius 3 is 2.55 bits per heavy atom. The second kappa shape index (κ2) is 9.14. The molecule has 10 heteroatoms. The predicted molar refractivity (Wildman–Crippen MR) is 143 cm³/mol. The number of rotatable bonds is 6. The van der Waals surface area contributed by atoms with E-state index < -0.39 is 22.8 Å². The number of benzene rings is 3. The van der Waals surface area contributed by atoms with Crippen LogP contribution in [0.25, 0.3) is 20.8 Å². The molecule has 1 unspecified atom stereocenters. The van der Waals surface area contributed by atoms with Crippen LogP contribution in [0.15, 0.2) is 66.7 Å². The van der Waals surface area contributed by atoms with Gasteiger partial charge in [-0.25, -0.2) is 9.88 Å². The molecule has 0 radical (unpaired) electrons. The summed E-state index contributed by atoms with van der Waals surface area (Å²) >= 11 is 1.58. The number of anilines is 1. The highest BCUT2D eigenvalue weighted by molar-refractivity contribution is 7.21. The first kappa shape index (κ1) is 23.9. The summed E-state index contributed by atoms with van der Waals surface area (Å²) in [6.07, 6.45) is 1.30. The van der Waals surface area contributed by atoms with E-state index >= 15 is 0 Å². The molecule has 1 saturated carbocycles. The Kier molecular flexibility index (Phi) is 5.76. The standard InChI is InChI=1S/C28H22N4O5S/c1-16-5-12-22-24(13-16)38-26(29-22)17-6-8-20(9-7-17)31-25(33)15-23(28(31)35)30(19-10-11-19)27(34)18-3-2-4-21(14-18)32(36)37/h2-9,12-14,19,23H,10-11,15H2,1H3. The number of nitro benzene ring substituents is 1. The normalized spacial score (nSPS) is 17.3. The maximum atomic E-state index is 13.5. The van der Waals surface area contributed by atoms with E-state index in [9.17, 15) is 24.5 Å². The van der Waals surface area contributed by atoms with E-state index in [0.29, 0.717) is 5.69 Å². The lowest BCUT2D eigenvalue weighted by Crippen LogP contribution is -2.46. The average molecular weight is 527 g/mol. The van der Waals surface area contributed by atoms with Gasteiger partial charge < -0.3 is 4.90 Å². The minimum Gasteiger partial charge on any atom is -0.323 e. The summed E-state index contributed by atoms with van der Waals surface area (Å²) in [6.45, 7) is 2.03. The molecular formula is C28H22N4O5S. The topological polar surface area (TPSA) is 114 Å². The van der Waals surface area contributed by atoms with Crippen LogP contribution in [0.3, 0.4) is 0 Å². The summed E-state index contributed by atoms with van der Waals surface area (Å²) in [5.41, 5.74) is 3.31. The van der Waals surface area contributed by atoms with E-state index in [1.807, 2.05) is 31.2 Å². The molecule has 0 bridgehead atoms. The maximum Gasteiger partial charge on any atom is 0.270 e. The van der Waals surface area contributed by atoms with Crippen LogP contribution in [0.4, 0.5) is 11.4 Å². The SMILES string of the molecule is Cc1ccc2nc(-c3ccc(N4C(=O)CC(N(C(=O)c5cccc([N+](=O)[O-])c5)C5CC5)C4=O)cc3)sc2c1. The molecular weight excluding hydrogens is 504 g/mol. The fourth-order valence-corrected chi connectivity index (χ4v) is 5.90. The van der Waals surface area contributed by atoms with Crippen molar-refractivity contribution in [1.82, 2.24) is 9.88 Å². The lowest BCUT2D eigenvalue weighted by atomic mass is 10.1. The van der Waals surface area contributed by atoms with Gasteiger partial charge in [0.05, 0.1) is 27.2 Å². The van der Waals surface area contributed by atoms with Gasteiger partial charge in [-0.15, -0.1) is 11.3 Å². The van der Waals surface area contributed by atoms with Gasteiger partial charge in [-0.1, -0.05) is 12.1 Å². The Bertz CT molecular complexity index is 1630. The lowest BCUT2D eigenvalue weighted by Gasteiger charge is -2.27. The summed E-state index contributed by atoms with van der Waals surface area (Å²) in [6, 6.07) is 17.5. The largest absolute Gasteiger partial charge is 0.323 e. The zero-order chi connectivity index (χ0) is 26.6. The number of nitro groups is 1. The van der Waals surface area contributed by atoms with Gasteiger partial charge in [0.15, 0.2) is 0 Å². The first-order valence-corrected chi connectivity index (χ1v) is 13.0. The van der Waals surface area contributed by atoms with Crippen molar-refractivity contribution in [3.63, 3.8) is 0 Å². The van der Waals surface area contributed by atoms with Crippen LogP contribution in [-0.4, -0.2) is 44.6 Å². The van der Waals surface area contributed by atoms with Gasteiger partial charge in [0.2, 0.25) is 5.91 Å². The van der Waals surface area contributed by atoms with Gasteiger partial charge in [0, 0.05) is 29.3 Å². The number of fused-ring (bicyclic) bond motifs is 1. The second-order valence-electron chi connectivity index (χ2n) is 9.58. The average Bonchev–Trinajstić information content (AvgIpc) is 3.59. The molecule has 3 aromatic carbocycles. The zero-order valence-electron chi connectivity index (χ0n) is 20.4. The Morgan fingerprint density at radius 2 is 1.84 bits per heavy atom. The van der Waals surface area contributed by atoms with Crippen molar-refractivity contribution >= 4 is 50.6 Å². The molecule has 190 valence electrons. The van der Waals surface area contributed by atoms with Crippen LogP contribution in [0, 0.1) is 17.0 Å². The second-order valence-corrected chi connectivity index (χ2v) is 10.6. The van der Waals surface area contributed by atoms with Crippen LogP contribution < -0.4 is 4.90 Å². The Morgan fingerprint density at radius 1 is 1.08 bits per heavy atom. The maximum absolute atomic E-state index is 13.5. The van der Waals surface area contributed by atoms with E-state index in [0.717, 1.165) is 44.1 Å². The molecule has 1 aliphatic heterocycles. The van der Waals surface area contributed by atoms with Gasteiger partial charge >= 0.3 is 0 Å². The van der Waals surface area contributed by atoms with Gasteiger partial charge in [-0.05, 0) is 67.8 Å². The van der Waals surface area contributed by atoms with Gasteiger partial charge in [0.1, 0.15) is 11.0 Å². The van der Waals surface area contributed by atoms with Crippen molar-refractivity contribution in [3.8, 4) is 10.6 Å². The van der Waals surface area contributed by atoms with E-state index in [1.54, 1.807) is 23.5 Å². The van der Waals surface area contributed by atoms with Crippen molar-refractivity contribution in [2.24, 2.45) is 0 Å². The molecule has 9 nitrogen and oxygen atoms in total. The molecule has 1 atom stereocenters. The van der Waals surface area contributed by atoms with Gasteiger partial charge in [0.25, 0.3) is 17.5 Å². The molecule has 38 heavy (non-hydrogen) atoms. The molecule has 2 heterocycles. The Hall–Kier alpha value is -4.44. The minimum atomic E-state index is -0.950. The van der Waals surface area contributed by atoms with Crippen LogP contribution in [0.5, 0.6) is 0 Å². The number of carbonyl (C=O) groups is 3. The monoisotopic (exact) mass is 526 g/mol. The van der Waals surface area contributed by atoms with Gasteiger partial charge in [-0.3, -0.25) is 24.5 Å².